The average Bonchev–Trinajstić information content (AvgIpc) is 3.53. The van der Waals surface area contributed by atoms with Crippen LogP contribution in [0.5, 0.6) is 5.75 Å². The van der Waals surface area contributed by atoms with Crippen LogP contribution in [-0.4, -0.2) is 75.0 Å². The Hall–Kier alpha value is -2.99. The molecule has 194 valence electrons. The highest BCUT2D eigenvalue weighted by Gasteiger charge is 2.27. The van der Waals surface area contributed by atoms with Gasteiger partial charge in [-0.25, -0.2) is 13.6 Å². The van der Waals surface area contributed by atoms with E-state index in [4.69, 9.17) is 20.7 Å². The minimum Gasteiger partial charge on any atom is -0.496 e. The van der Waals surface area contributed by atoms with Gasteiger partial charge in [-0.05, 0) is 62.1 Å². The highest BCUT2D eigenvalue weighted by atomic mass is 32.2. The van der Waals surface area contributed by atoms with Crippen molar-refractivity contribution in [2.75, 3.05) is 32.6 Å². The number of amidine groups is 1. The number of pyridine rings is 1. The minimum absolute atomic E-state index is 0.0519. The molecular weight excluding hydrogens is 478 g/mol. The number of rotatable bonds is 8. The summed E-state index contributed by atoms with van der Waals surface area (Å²) in [6.07, 6.45) is 3.61. The standard InChI is InChI=1S/C24H31N7O2S.CH4O/c1-16(2)31(15-25)23(26)20-7-6-8-22(27-20)28-24(32)19-11-17-13-30(34-29-9-4-5-10-29)14-18(17)12-21(19)33-3;1-2/h6-8,11-12,15-16,25-26H,4-5,9-10,13-14H2,1-3H3,(H,27,28,32);2H,1H3. The summed E-state index contributed by atoms with van der Waals surface area (Å²) in [7, 11) is 2.57. The van der Waals surface area contributed by atoms with E-state index >= 15 is 0 Å². The third-order valence-corrected chi connectivity index (χ3v) is 7.03. The van der Waals surface area contributed by atoms with E-state index in [1.807, 2.05) is 26.0 Å². The fraction of sp³-hybridized carbons (Fsp3) is 0.440. The van der Waals surface area contributed by atoms with Crippen molar-refractivity contribution in [3.8, 4) is 5.75 Å². The lowest BCUT2D eigenvalue weighted by atomic mass is 10.0. The van der Waals surface area contributed by atoms with Crippen LogP contribution in [0, 0.1) is 10.8 Å². The minimum atomic E-state index is -0.311. The number of anilines is 1. The zero-order chi connectivity index (χ0) is 26.2. The number of aliphatic hydroxyl groups is 1. The molecule has 0 unspecified atom stereocenters. The molecule has 10 nitrogen and oxygen atoms in total. The molecule has 0 radical (unpaired) electrons. The molecule has 0 aliphatic carbocycles. The van der Waals surface area contributed by atoms with Gasteiger partial charge in [-0.1, -0.05) is 6.07 Å². The van der Waals surface area contributed by atoms with Crippen LogP contribution in [0.4, 0.5) is 5.82 Å². The molecule has 3 heterocycles. The van der Waals surface area contributed by atoms with Crippen LogP contribution >= 0.6 is 12.1 Å². The molecule has 0 spiro atoms. The second-order valence-corrected chi connectivity index (χ2v) is 9.87. The first kappa shape index (κ1) is 27.6. The molecular formula is C25H35N7O3S. The lowest BCUT2D eigenvalue weighted by Gasteiger charge is -2.23. The highest BCUT2D eigenvalue weighted by molar-refractivity contribution is 7.94. The molecule has 0 bridgehead atoms. The molecule has 0 atom stereocenters. The maximum Gasteiger partial charge on any atom is 0.260 e. The second kappa shape index (κ2) is 12.8. The molecule has 1 fully saturated rings. The zero-order valence-electron chi connectivity index (χ0n) is 21.2. The molecule has 0 saturated carbocycles. The number of nitrogens with one attached hydrogen (secondary N) is 3. The van der Waals surface area contributed by atoms with Crippen LogP contribution in [0.1, 0.15) is 53.9 Å². The van der Waals surface area contributed by atoms with E-state index in [1.54, 1.807) is 37.4 Å². The van der Waals surface area contributed by atoms with Gasteiger partial charge in [0.1, 0.15) is 17.3 Å². The Morgan fingerprint density at radius 1 is 1.19 bits per heavy atom. The van der Waals surface area contributed by atoms with Gasteiger partial charge in [0.15, 0.2) is 5.84 Å². The third kappa shape index (κ3) is 6.41. The number of methoxy groups -OCH3 is 1. The average molecular weight is 514 g/mol. The maximum atomic E-state index is 13.2. The van der Waals surface area contributed by atoms with E-state index in [1.165, 1.54) is 23.3 Å². The van der Waals surface area contributed by atoms with E-state index in [0.29, 0.717) is 22.8 Å². The first-order chi connectivity index (χ1) is 17.4. The second-order valence-electron chi connectivity index (χ2n) is 8.68. The summed E-state index contributed by atoms with van der Waals surface area (Å²) in [6, 6.07) is 8.94. The summed E-state index contributed by atoms with van der Waals surface area (Å²) in [4.78, 5) is 19.1. The SMILES string of the molecule is CO.COc1cc2c(cc1C(=O)Nc1cccc(C(=N)N(C=N)C(C)C)n1)CN(SN1CCCC1)C2. The van der Waals surface area contributed by atoms with Crippen molar-refractivity contribution in [1.82, 2.24) is 18.5 Å². The van der Waals surface area contributed by atoms with Crippen LogP contribution in [0.2, 0.25) is 0 Å². The predicted octanol–water partition coefficient (Wildman–Crippen LogP) is 3.57. The molecule has 1 aromatic heterocycles. The Balaban J connectivity index is 0.00000176. The monoisotopic (exact) mass is 513 g/mol. The summed E-state index contributed by atoms with van der Waals surface area (Å²) in [5.74, 6) is 0.665. The van der Waals surface area contributed by atoms with Gasteiger partial charge in [-0.2, -0.15) is 0 Å². The van der Waals surface area contributed by atoms with Crippen LogP contribution in [0.25, 0.3) is 0 Å². The zero-order valence-corrected chi connectivity index (χ0v) is 22.1. The van der Waals surface area contributed by atoms with E-state index in [9.17, 15) is 4.79 Å². The molecule has 36 heavy (non-hydrogen) atoms. The number of carbonyl (C=O) groups is 1. The number of ether oxygens (including phenoxy) is 1. The number of amides is 1. The van der Waals surface area contributed by atoms with Gasteiger partial charge in [0, 0.05) is 51.5 Å². The van der Waals surface area contributed by atoms with Crippen molar-refractivity contribution >= 4 is 36.0 Å². The molecule has 11 heteroatoms. The third-order valence-electron chi connectivity index (χ3n) is 5.94. The maximum absolute atomic E-state index is 13.2. The van der Waals surface area contributed by atoms with Crippen LogP contribution in [0.15, 0.2) is 30.3 Å². The number of hydrogen-bond acceptors (Lipinski definition) is 9. The first-order valence-corrected chi connectivity index (χ1v) is 12.6. The molecule has 1 saturated heterocycles. The number of carbonyl (C=O) groups excluding carboxylic acids is 1. The van der Waals surface area contributed by atoms with Gasteiger partial charge in [-0.15, -0.1) is 0 Å². The van der Waals surface area contributed by atoms with Crippen LogP contribution in [-0.2, 0) is 13.1 Å². The number of hydrogen-bond donors (Lipinski definition) is 4. The smallest absolute Gasteiger partial charge is 0.260 e. The Bertz CT molecular complexity index is 1090. The molecule has 4 rings (SSSR count). The van der Waals surface area contributed by atoms with E-state index < -0.39 is 0 Å². The number of nitrogens with zero attached hydrogens (tertiary/aromatic N) is 4. The quantitative estimate of drug-likeness (QED) is 0.240. The van der Waals surface area contributed by atoms with Crippen molar-refractivity contribution in [3.05, 3.63) is 52.7 Å². The van der Waals surface area contributed by atoms with Crippen molar-refractivity contribution in [2.45, 2.75) is 45.8 Å². The fourth-order valence-corrected chi connectivity index (χ4v) is 5.30. The van der Waals surface area contributed by atoms with Crippen LogP contribution < -0.4 is 10.1 Å². The predicted molar refractivity (Wildman–Crippen MR) is 144 cm³/mol. The number of aromatic nitrogens is 1. The fourth-order valence-electron chi connectivity index (χ4n) is 4.16. The molecule has 1 amide bonds. The molecule has 2 aromatic rings. The summed E-state index contributed by atoms with van der Waals surface area (Å²) in [5, 5.41) is 25.8. The Labute approximate surface area is 216 Å². The number of aliphatic hydroxyl groups excluding tert-OH is 1. The van der Waals surface area contributed by atoms with Gasteiger partial charge in [0.2, 0.25) is 0 Å². The topological polar surface area (TPSA) is 129 Å². The summed E-state index contributed by atoms with van der Waals surface area (Å²) >= 11 is 1.79. The summed E-state index contributed by atoms with van der Waals surface area (Å²) in [5.41, 5.74) is 3.14. The van der Waals surface area contributed by atoms with Gasteiger partial charge >= 0.3 is 0 Å². The molecule has 2 aliphatic rings. The van der Waals surface area contributed by atoms with Crippen molar-refractivity contribution < 1.29 is 14.6 Å². The van der Waals surface area contributed by atoms with Gasteiger partial charge < -0.3 is 20.1 Å². The van der Waals surface area contributed by atoms with Crippen molar-refractivity contribution in [1.29, 1.82) is 10.8 Å². The summed E-state index contributed by atoms with van der Waals surface area (Å²) in [6.45, 7) is 7.63. The number of benzene rings is 1. The molecule has 1 aromatic carbocycles. The molecule has 4 N–H and O–H groups in total. The highest BCUT2D eigenvalue weighted by Crippen LogP contribution is 2.35. The molecule has 2 aliphatic heterocycles. The van der Waals surface area contributed by atoms with Gasteiger partial charge in [0.05, 0.1) is 19.0 Å². The lowest BCUT2D eigenvalue weighted by Crippen LogP contribution is -2.36. The summed E-state index contributed by atoms with van der Waals surface area (Å²) < 4.78 is 10.3. The Morgan fingerprint density at radius 2 is 1.86 bits per heavy atom. The van der Waals surface area contributed by atoms with Crippen molar-refractivity contribution in [3.63, 3.8) is 0 Å². The first-order valence-electron chi connectivity index (χ1n) is 11.9. The van der Waals surface area contributed by atoms with E-state index in [-0.39, 0.29) is 17.8 Å². The van der Waals surface area contributed by atoms with Crippen LogP contribution in [0.3, 0.4) is 0 Å². The van der Waals surface area contributed by atoms with E-state index in [0.717, 1.165) is 45.2 Å². The Morgan fingerprint density at radius 3 is 2.47 bits per heavy atom. The van der Waals surface area contributed by atoms with Crippen molar-refractivity contribution in [2.24, 2.45) is 0 Å². The Kier molecular flexibility index (Phi) is 9.82. The number of fused-ring (bicyclic) bond motifs is 1. The lowest BCUT2D eigenvalue weighted by molar-refractivity contribution is 0.102. The van der Waals surface area contributed by atoms with E-state index in [2.05, 4.69) is 18.9 Å². The largest absolute Gasteiger partial charge is 0.496 e. The van der Waals surface area contributed by atoms with Gasteiger partial charge in [0.25, 0.3) is 5.91 Å². The normalized spacial score (nSPS) is 15.2. The van der Waals surface area contributed by atoms with Gasteiger partial charge in [-0.3, -0.25) is 15.6 Å².